The normalized spacial score (nSPS) is 36.5. The Kier molecular flexibility index (Phi) is 3.54. The fourth-order valence-electron chi connectivity index (χ4n) is 2.66. The Morgan fingerprint density at radius 1 is 1.15 bits per heavy atom. The first kappa shape index (κ1) is 13.9. The average Bonchev–Trinajstić information content (AvgIpc) is 2.75. The van der Waals surface area contributed by atoms with Crippen molar-refractivity contribution in [3.05, 3.63) is 42.5 Å². The van der Waals surface area contributed by atoms with Crippen LogP contribution in [-0.4, -0.2) is 38.7 Å². The summed E-state index contributed by atoms with van der Waals surface area (Å²) >= 11 is 0. The summed E-state index contributed by atoms with van der Waals surface area (Å²) < 4.78 is 24.0. The van der Waals surface area contributed by atoms with Gasteiger partial charge in [-0.1, -0.05) is 30.4 Å². The zero-order chi connectivity index (χ0) is 14.3. The van der Waals surface area contributed by atoms with Crippen molar-refractivity contribution in [2.75, 3.05) is 0 Å². The molecule has 1 aliphatic heterocycles. The summed E-state index contributed by atoms with van der Waals surface area (Å²) in [5.74, 6) is -0.718. The van der Waals surface area contributed by atoms with Gasteiger partial charge in [-0.25, -0.2) is 0 Å². The SMILES string of the molecule is CC1(C)O[C@H]2[C@H](O)[C@@H](S(=O)c3ccccc3)C=C[C@H]2O1. The van der Waals surface area contributed by atoms with Gasteiger partial charge in [0.25, 0.3) is 0 Å². The number of ether oxygens (including phenoxy) is 2. The molecule has 1 heterocycles. The minimum absolute atomic E-state index is 0.274. The molecule has 5 atom stereocenters. The lowest BCUT2D eigenvalue weighted by Crippen LogP contribution is -2.46. The topological polar surface area (TPSA) is 55.8 Å². The summed E-state index contributed by atoms with van der Waals surface area (Å²) in [6.45, 7) is 3.63. The highest BCUT2D eigenvalue weighted by Crippen LogP contribution is 2.35. The molecule has 1 fully saturated rings. The maximum Gasteiger partial charge on any atom is 0.164 e. The highest BCUT2D eigenvalue weighted by atomic mass is 32.2. The number of hydrogen-bond donors (Lipinski definition) is 1. The molecular weight excluding hydrogens is 276 g/mol. The second-order valence-electron chi connectivity index (χ2n) is 5.52. The Labute approximate surface area is 120 Å². The van der Waals surface area contributed by atoms with Gasteiger partial charge in [0.05, 0.1) is 16.0 Å². The first-order valence-electron chi connectivity index (χ1n) is 6.66. The van der Waals surface area contributed by atoms with Gasteiger partial charge in [-0.2, -0.15) is 0 Å². The lowest BCUT2D eigenvalue weighted by Gasteiger charge is -2.29. The fraction of sp³-hybridized carbons (Fsp3) is 0.467. The first-order chi connectivity index (χ1) is 9.48. The molecule has 0 amide bonds. The Morgan fingerprint density at radius 3 is 2.55 bits per heavy atom. The molecule has 3 rings (SSSR count). The minimum atomic E-state index is -1.31. The van der Waals surface area contributed by atoms with Gasteiger partial charge in [0.15, 0.2) is 5.79 Å². The maximum absolute atomic E-state index is 12.6. The molecule has 0 bridgehead atoms. The van der Waals surface area contributed by atoms with Crippen LogP contribution in [0.5, 0.6) is 0 Å². The van der Waals surface area contributed by atoms with E-state index in [0.717, 1.165) is 0 Å². The molecule has 108 valence electrons. The third-order valence-corrected chi connectivity index (χ3v) is 5.22. The van der Waals surface area contributed by atoms with Crippen LogP contribution >= 0.6 is 0 Å². The van der Waals surface area contributed by atoms with Crippen LogP contribution in [-0.2, 0) is 20.3 Å². The molecule has 1 aromatic rings. The lowest BCUT2D eigenvalue weighted by molar-refractivity contribution is -0.152. The Balaban J connectivity index is 1.83. The molecule has 1 aromatic carbocycles. The fourth-order valence-corrected chi connectivity index (χ4v) is 4.04. The van der Waals surface area contributed by atoms with Crippen LogP contribution < -0.4 is 0 Å². The van der Waals surface area contributed by atoms with Crippen molar-refractivity contribution < 1.29 is 18.8 Å². The second-order valence-corrected chi connectivity index (χ2v) is 7.13. The van der Waals surface area contributed by atoms with Crippen molar-refractivity contribution in [3.63, 3.8) is 0 Å². The highest BCUT2D eigenvalue weighted by Gasteiger charge is 2.48. The first-order valence-corrected chi connectivity index (χ1v) is 7.87. The molecular formula is C15H18O4S. The molecule has 0 aromatic heterocycles. The predicted octanol–water partition coefficient (Wildman–Crippen LogP) is 1.61. The van der Waals surface area contributed by atoms with E-state index in [2.05, 4.69) is 0 Å². The van der Waals surface area contributed by atoms with E-state index in [4.69, 9.17) is 9.47 Å². The molecule has 4 nitrogen and oxygen atoms in total. The summed E-state index contributed by atoms with van der Waals surface area (Å²) in [6.07, 6.45) is 2.04. The van der Waals surface area contributed by atoms with E-state index in [1.54, 1.807) is 18.2 Å². The molecule has 1 unspecified atom stereocenters. The highest BCUT2D eigenvalue weighted by molar-refractivity contribution is 7.86. The van der Waals surface area contributed by atoms with E-state index in [1.165, 1.54) is 0 Å². The van der Waals surface area contributed by atoms with E-state index >= 15 is 0 Å². The molecule has 2 aliphatic rings. The van der Waals surface area contributed by atoms with E-state index in [9.17, 15) is 9.32 Å². The number of benzene rings is 1. The smallest absolute Gasteiger partial charge is 0.164 e. The van der Waals surface area contributed by atoms with Gasteiger partial charge in [-0.3, -0.25) is 4.21 Å². The van der Waals surface area contributed by atoms with E-state index in [0.29, 0.717) is 4.90 Å². The van der Waals surface area contributed by atoms with Gasteiger partial charge in [-0.05, 0) is 26.0 Å². The third kappa shape index (κ3) is 2.46. The van der Waals surface area contributed by atoms with Crippen molar-refractivity contribution in [3.8, 4) is 0 Å². The van der Waals surface area contributed by atoms with Gasteiger partial charge in [0.1, 0.15) is 18.3 Å². The van der Waals surface area contributed by atoms with E-state index < -0.39 is 34.0 Å². The van der Waals surface area contributed by atoms with Crippen molar-refractivity contribution in [1.29, 1.82) is 0 Å². The Bertz CT molecular complexity index is 540. The van der Waals surface area contributed by atoms with Crippen LogP contribution in [0, 0.1) is 0 Å². The largest absolute Gasteiger partial charge is 0.389 e. The van der Waals surface area contributed by atoms with Crippen LogP contribution in [0.4, 0.5) is 0 Å². The standard InChI is InChI=1S/C15H18O4S/c1-15(2)18-11-8-9-12(13(16)14(11)19-15)20(17)10-6-4-3-5-7-10/h3-9,11-14,16H,1-2H3/t11-,12+,13-,14-,20?/m1/s1. The second kappa shape index (κ2) is 5.07. The quantitative estimate of drug-likeness (QED) is 0.842. The number of aliphatic hydroxyl groups is 1. The average molecular weight is 294 g/mol. The van der Waals surface area contributed by atoms with Crippen LogP contribution in [0.2, 0.25) is 0 Å². The number of aliphatic hydroxyl groups excluding tert-OH is 1. The van der Waals surface area contributed by atoms with Crippen molar-refractivity contribution in [1.82, 2.24) is 0 Å². The molecule has 20 heavy (non-hydrogen) atoms. The van der Waals surface area contributed by atoms with Crippen LogP contribution in [0.15, 0.2) is 47.4 Å². The molecule has 1 aliphatic carbocycles. The molecule has 0 spiro atoms. The number of fused-ring (bicyclic) bond motifs is 1. The van der Waals surface area contributed by atoms with Crippen molar-refractivity contribution in [2.24, 2.45) is 0 Å². The number of rotatable bonds is 2. The van der Waals surface area contributed by atoms with Crippen LogP contribution in [0.25, 0.3) is 0 Å². The van der Waals surface area contributed by atoms with Gasteiger partial charge < -0.3 is 14.6 Å². The van der Waals surface area contributed by atoms with Crippen LogP contribution in [0.1, 0.15) is 13.8 Å². The van der Waals surface area contributed by atoms with E-state index in [1.807, 2.05) is 38.1 Å². The molecule has 1 N–H and O–H groups in total. The number of hydrogen-bond acceptors (Lipinski definition) is 4. The molecule has 0 saturated carbocycles. The Morgan fingerprint density at radius 2 is 1.85 bits per heavy atom. The van der Waals surface area contributed by atoms with Gasteiger partial charge in [0, 0.05) is 4.90 Å². The van der Waals surface area contributed by atoms with Crippen LogP contribution in [0.3, 0.4) is 0 Å². The predicted molar refractivity (Wildman–Crippen MR) is 75.6 cm³/mol. The van der Waals surface area contributed by atoms with Gasteiger partial charge >= 0.3 is 0 Å². The zero-order valence-corrected chi connectivity index (χ0v) is 12.2. The van der Waals surface area contributed by atoms with Crippen molar-refractivity contribution in [2.45, 2.75) is 48.1 Å². The van der Waals surface area contributed by atoms with Gasteiger partial charge in [-0.15, -0.1) is 0 Å². The zero-order valence-electron chi connectivity index (χ0n) is 11.4. The molecule has 5 heteroatoms. The summed E-state index contributed by atoms with van der Waals surface area (Å²) in [5, 5.41) is 9.98. The Hall–Kier alpha value is -1.01. The van der Waals surface area contributed by atoms with Crippen molar-refractivity contribution >= 4 is 10.8 Å². The monoisotopic (exact) mass is 294 g/mol. The lowest BCUT2D eigenvalue weighted by atomic mass is 9.98. The molecule has 0 radical (unpaired) electrons. The summed E-state index contributed by atoms with van der Waals surface area (Å²) in [6, 6.07) is 9.16. The van der Waals surface area contributed by atoms with E-state index in [-0.39, 0.29) is 6.10 Å². The van der Waals surface area contributed by atoms with Gasteiger partial charge in [0.2, 0.25) is 0 Å². The maximum atomic E-state index is 12.6. The summed E-state index contributed by atoms with van der Waals surface area (Å²) in [7, 11) is -1.31. The summed E-state index contributed by atoms with van der Waals surface area (Å²) in [5.41, 5.74) is 0. The minimum Gasteiger partial charge on any atom is -0.389 e. The molecule has 1 saturated heterocycles. The summed E-state index contributed by atoms with van der Waals surface area (Å²) in [4.78, 5) is 0.706. The third-order valence-electron chi connectivity index (χ3n) is 3.55.